The van der Waals surface area contributed by atoms with Crippen molar-refractivity contribution in [2.75, 3.05) is 67.4 Å². The summed E-state index contributed by atoms with van der Waals surface area (Å²) in [6, 6.07) is 24.5. The molecule has 0 radical (unpaired) electrons. The molecule has 8 rings (SSSR count). The topological polar surface area (TPSA) is 128 Å². The second-order valence-electron chi connectivity index (χ2n) is 14.5. The first-order chi connectivity index (χ1) is 32.8. The minimum atomic E-state index is -4.77. The van der Waals surface area contributed by atoms with E-state index in [0.29, 0.717) is 49.1 Å². The fourth-order valence-corrected chi connectivity index (χ4v) is 7.15. The molecule has 5 heterocycles. The van der Waals surface area contributed by atoms with Gasteiger partial charge < -0.3 is 30.3 Å². The van der Waals surface area contributed by atoms with Gasteiger partial charge in [-0.15, -0.1) is 0 Å². The van der Waals surface area contributed by atoms with E-state index in [2.05, 4.69) is 39.1 Å². The number of aromatic nitrogens is 4. The number of nitrogens with one attached hydrogen (secondary N) is 3. The van der Waals surface area contributed by atoms with Crippen LogP contribution in [0.1, 0.15) is 19.4 Å². The third kappa shape index (κ3) is 11.6. The van der Waals surface area contributed by atoms with Gasteiger partial charge in [-0.3, -0.25) is 18.7 Å². The third-order valence-corrected chi connectivity index (χ3v) is 10.1. The normalized spacial score (nSPS) is 12.7. The first kappa shape index (κ1) is 49.7. The molecule has 354 valence electrons. The highest BCUT2D eigenvalue weighted by molar-refractivity contribution is 5.86. The Hall–Kier alpha value is -7.70. The molecule has 1 fully saturated rings. The standard InChI is InChI=1S/C24H19F3N4O2.C24H23F3N4O2.C2H6/c25-15-3-1-5-17(11-15)28-22-14-21(32)19-13-20(27)24(30-7-9-33-10-8-30)29-23(19)31(22)18-6-2-4-16(26)12-18;1-4-9-16(5-2)29-21-15-19(32)22-18(24(25,26)27)14-20(28-12-13-33-3)30-23(22)31(21)17-10-7-6-8-11-17;1-2/h1-6,11-14,28H,7-10H2;4-11,14-15,29H,1-2,12-13H2,3H3,(H,28,30);1-2H3/b;16-9+;. The van der Waals surface area contributed by atoms with Crippen LogP contribution in [-0.4, -0.2) is 65.7 Å². The predicted molar refractivity (Wildman–Crippen MR) is 256 cm³/mol. The van der Waals surface area contributed by atoms with Crippen molar-refractivity contribution in [1.82, 2.24) is 19.1 Å². The zero-order valence-electron chi connectivity index (χ0n) is 37.3. The first-order valence-corrected chi connectivity index (χ1v) is 21.4. The lowest BCUT2D eigenvalue weighted by Gasteiger charge is -2.28. The number of methoxy groups -OCH3 is 1. The van der Waals surface area contributed by atoms with E-state index in [1.807, 2.05) is 13.8 Å². The number of benzene rings is 3. The SMILES string of the molecule is C=C/C=C(\C=C)Nc1cc(=O)c2c(C(F)(F)F)cc(NCCOC)nc2n1-c1ccccc1.CC.O=c1cc(Nc2cccc(F)c2)n(-c2cccc(F)c2)c2nc(N3CCOCC3)c(F)cc12. The largest absolute Gasteiger partial charge is 0.417 e. The van der Waals surface area contributed by atoms with Crippen LogP contribution >= 0.6 is 0 Å². The van der Waals surface area contributed by atoms with Crippen molar-refractivity contribution < 1.29 is 35.8 Å². The fraction of sp³-hybridized carbons (Fsp3) is 0.200. The molecule has 7 aromatic rings. The van der Waals surface area contributed by atoms with E-state index in [1.165, 1.54) is 70.9 Å². The highest BCUT2D eigenvalue weighted by Crippen LogP contribution is 2.36. The maximum absolute atomic E-state index is 15.0. The van der Waals surface area contributed by atoms with Crippen LogP contribution in [0.15, 0.2) is 150 Å². The van der Waals surface area contributed by atoms with Crippen molar-refractivity contribution >= 4 is 51.0 Å². The molecule has 1 aliphatic rings. The van der Waals surface area contributed by atoms with Crippen molar-refractivity contribution in [1.29, 1.82) is 0 Å². The molecule has 3 N–H and O–H groups in total. The Bertz CT molecular complexity index is 3060. The van der Waals surface area contributed by atoms with Crippen LogP contribution in [0.3, 0.4) is 0 Å². The summed E-state index contributed by atoms with van der Waals surface area (Å²) in [4.78, 5) is 36.5. The summed E-state index contributed by atoms with van der Waals surface area (Å²) in [5.41, 5.74) is -0.593. The highest BCUT2D eigenvalue weighted by Gasteiger charge is 2.36. The Morgan fingerprint density at radius 3 is 2.10 bits per heavy atom. The summed E-state index contributed by atoms with van der Waals surface area (Å²) < 4.78 is 98.1. The Morgan fingerprint density at radius 2 is 1.46 bits per heavy atom. The zero-order chi connectivity index (χ0) is 49.0. The van der Waals surface area contributed by atoms with Crippen molar-refractivity contribution in [2.24, 2.45) is 0 Å². The van der Waals surface area contributed by atoms with Crippen LogP contribution in [0.4, 0.5) is 55.3 Å². The van der Waals surface area contributed by atoms with E-state index in [9.17, 15) is 35.9 Å². The van der Waals surface area contributed by atoms with Gasteiger partial charge in [0, 0.05) is 55.9 Å². The molecule has 0 saturated carbocycles. The Kier molecular flexibility index (Phi) is 16.6. The average molecular weight is 939 g/mol. The van der Waals surface area contributed by atoms with Crippen LogP contribution in [0.5, 0.6) is 0 Å². The van der Waals surface area contributed by atoms with Gasteiger partial charge in [-0.05, 0) is 72.8 Å². The number of para-hydroxylation sites is 1. The molecule has 1 saturated heterocycles. The van der Waals surface area contributed by atoms with Gasteiger partial charge >= 0.3 is 6.18 Å². The summed E-state index contributed by atoms with van der Waals surface area (Å²) in [6.07, 6.45) is -0.123. The molecule has 1 aliphatic heterocycles. The number of morpholine rings is 1. The minimum absolute atomic E-state index is 0.0290. The smallest absolute Gasteiger partial charge is 0.383 e. The lowest BCUT2D eigenvalue weighted by Crippen LogP contribution is -2.37. The molecular weight excluding hydrogens is 891 g/mol. The number of hydrogen-bond donors (Lipinski definition) is 3. The maximum atomic E-state index is 15.0. The van der Waals surface area contributed by atoms with E-state index in [1.54, 1.807) is 53.4 Å². The summed E-state index contributed by atoms with van der Waals surface area (Å²) in [6.45, 7) is 13.6. The molecule has 0 amide bonds. The maximum Gasteiger partial charge on any atom is 0.417 e. The predicted octanol–water partition coefficient (Wildman–Crippen LogP) is 10.5. The van der Waals surface area contributed by atoms with E-state index in [4.69, 9.17) is 9.47 Å². The number of pyridine rings is 4. The lowest BCUT2D eigenvalue weighted by atomic mass is 10.1. The van der Waals surface area contributed by atoms with Crippen LogP contribution in [0.2, 0.25) is 0 Å². The summed E-state index contributed by atoms with van der Waals surface area (Å²) in [7, 11) is 1.48. The highest BCUT2D eigenvalue weighted by atomic mass is 19.4. The first-order valence-electron chi connectivity index (χ1n) is 21.4. The molecule has 68 heavy (non-hydrogen) atoms. The molecule has 4 aromatic heterocycles. The minimum Gasteiger partial charge on any atom is -0.383 e. The molecule has 0 atom stereocenters. The number of fused-ring (bicyclic) bond motifs is 2. The Balaban J connectivity index is 0.000000216. The third-order valence-electron chi connectivity index (χ3n) is 10.1. The number of nitrogens with zero attached hydrogens (tertiary/aromatic N) is 5. The Morgan fingerprint density at radius 1 is 0.794 bits per heavy atom. The van der Waals surface area contributed by atoms with Gasteiger partial charge in [-0.25, -0.2) is 23.1 Å². The molecule has 18 heteroatoms. The monoisotopic (exact) mass is 938 g/mol. The molecular formula is C50H48F6N8O4. The second-order valence-corrected chi connectivity index (χ2v) is 14.5. The summed E-state index contributed by atoms with van der Waals surface area (Å²) in [5.74, 6) is -1.08. The quantitative estimate of drug-likeness (QED) is 0.0584. The van der Waals surface area contributed by atoms with Gasteiger partial charge in [0.25, 0.3) is 0 Å². The van der Waals surface area contributed by atoms with E-state index < -0.39 is 45.4 Å². The molecule has 3 aromatic carbocycles. The summed E-state index contributed by atoms with van der Waals surface area (Å²) >= 11 is 0. The second kappa shape index (κ2) is 22.7. The van der Waals surface area contributed by atoms with Gasteiger partial charge in [-0.2, -0.15) is 13.2 Å². The molecule has 12 nitrogen and oxygen atoms in total. The van der Waals surface area contributed by atoms with E-state index in [-0.39, 0.29) is 53.1 Å². The number of allylic oxidation sites excluding steroid dienone is 3. The van der Waals surface area contributed by atoms with Gasteiger partial charge in [0.15, 0.2) is 33.8 Å². The zero-order valence-corrected chi connectivity index (χ0v) is 37.3. The molecule has 0 spiro atoms. The van der Waals surface area contributed by atoms with Gasteiger partial charge in [0.2, 0.25) is 0 Å². The molecule has 0 bridgehead atoms. The number of rotatable bonds is 13. The van der Waals surface area contributed by atoms with Crippen molar-refractivity contribution in [3.8, 4) is 11.4 Å². The molecule has 0 aliphatic carbocycles. The van der Waals surface area contributed by atoms with E-state index in [0.717, 1.165) is 18.2 Å². The lowest BCUT2D eigenvalue weighted by molar-refractivity contribution is -0.136. The van der Waals surface area contributed by atoms with Crippen LogP contribution in [0.25, 0.3) is 33.4 Å². The van der Waals surface area contributed by atoms with Gasteiger partial charge in [0.05, 0.1) is 41.8 Å². The van der Waals surface area contributed by atoms with Gasteiger partial charge in [0.1, 0.15) is 29.1 Å². The number of hydrogen-bond acceptors (Lipinski definition) is 10. The van der Waals surface area contributed by atoms with Crippen LogP contribution < -0.4 is 31.7 Å². The molecule has 0 unspecified atom stereocenters. The number of anilines is 5. The Labute approximate surface area is 387 Å². The van der Waals surface area contributed by atoms with Gasteiger partial charge in [-0.1, -0.05) is 63.4 Å². The van der Waals surface area contributed by atoms with Crippen molar-refractivity contribution in [2.45, 2.75) is 20.0 Å². The average Bonchev–Trinajstić information content (AvgIpc) is 3.32. The number of ether oxygens (including phenoxy) is 2. The van der Waals surface area contributed by atoms with Crippen molar-refractivity contribution in [3.63, 3.8) is 0 Å². The fourth-order valence-electron chi connectivity index (χ4n) is 7.15. The number of halogens is 6. The van der Waals surface area contributed by atoms with Crippen LogP contribution in [-0.2, 0) is 15.7 Å². The summed E-state index contributed by atoms with van der Waals surface area (Å²) in [5, 5.41) is 8.39. The van der Waals surface area contributed by atoms with E-state index >= 15 is 0 Å². The number of alkyl halides is 3. The van der Waals surface area contributed by atoms with Crippen LogP contribution in [0, 0.1) is 17.5 Å². The van der Waals surface area contributed by atoms with Crippen molar-refractivity contribution in [3.05, 3.63) is 184 Å².